The van der Waals surface area contributed by atoms with Crippen LogP contribution in [0.2, 0.25) is 0 Å². The van der Waals surface area contributed by atoms with Gasteiger partial charge in [-0.05, 0) is 48.9 Å². The second-order valence-electron chi connectivity index (χ2n) is 6.96. The Kier molecular flexibility index (Phi) is 5.48. The van der Waals surface area contributed by atoms with Gasteiger partial charge in [-0.3, -0.25) is 9.89 Å². The Morgan fingerprint density at radius 2 is 1.97 bits per heavy atom. The lowest BCUT2D eigenvalue weighted by atomic mass is 10.1. The molecule has 150 valence electrons. The molecule has 4 rings (SSSR count). The van der Waals surface area contributed by atoms with Crippen LogP contribution in [0.4, 0.5) is 11.4 Å². The molecule has 2 heterocycles. The van der Waals surface area contributed by atoms with Gasteiger partial charge in [0.15, 0.2) is 0 Å². The number of hydrogen-bond donors (Lipinski definition) is 2. The third kappa shape index (κ3) is 4.09. The number of para-hydroxylation sites is 1. The lowest BCUT2D eigenvalue weighted by Gasteiger charge is -2.18. The van der Waals surface area contributed by atoms with E-state index < -0.39 is 0 Å². The molecule has 2 N–H and O–H groups in total. The summed E-state index contributed by atoms with van der Waals surface area (Å²) in [5, 5.41) is 9.96. The van der Waals surface area contributed by atoms with Crippen molar-refractivity contribution in [1.82, 2.24) is 10.2 Å². The zero-order valence-electron chi connectivity index (χ0n) is 16.5. The summed E-state index contributed by atoms with van der Waals surface area (Å²) in [7, 11) is 3.36. The Morgan fingerprint density at radius 1 is 1.17 bits per heavy atom. The van der Waals surface area contributed by atoms with Crippen LogP contribution in [-0.2, 0) is 4.74 Å². The number of carbonyl (C=O) groups is 1. The highest BCUT2D eigenvalue weighted by Gasteiger charge is 2.22. The van der Waals surface area contributed by atoms with Gasteiger partial charge in [0.05, 0.1) is 18.9 Å². The number of nitrogens with one attached hydrogen (secondary N) is 2. The van der Waals surface area contributed by atoms with Crippen molar-refractivity contribution in [1.29, 1.82) is 0 Å². The van der Waals surface area contributed by atoms with Crippen LogP contribution in [0.1, 0.15) is 16.9 Å². The Hall–Kier alpha value is -3.32. The molecule has 0 saturated carbocycles. The molecule has 1 saturated heterocycles. The molecule has 0 spiro atoms. The standard InChI is InChI=1S/C22H24N4O3/c1-28-17-11-12-26(14-17)16-9-7-15(8-10-16)23-22(27)20-13-19(24-25-20)18-5-3-4-6-21(18)29-2/h3-10,13,17H,11-12,14H2,1-2H3,(H,23,27)(H,24,25)/t17-/m0/s1. The third-order valence-corrected chi connectivity index (χ3v) is 5.17. The maximum atomic E-state index is 12.6. The van der Waals surface area contributed by atoms with Crippen molar-refractivity contribution in [2.75, 3.05) is 37.5 Å². The molecule has 1 atom stereocenters. The summed E-state index contributed by atoms with van der Waals surface area (Å²) < 4.78 is 10.8. The summed E-state index contributed by atoms with van der Waals surface area (Å²) in [4.78, 5) is 14.9. The lowest BCUT2D eigenvalue weighted by Crippen LogP contribution is -2.22. The van der Waals surface area contributed by atoms with E-state index in [9.17, 15) is 4.79 Å². The van der Waals surface area contributed by atoms with Crippen LogP contribution in [0.15, 0.2) is 54.6 Å². The van der Waals surface area contributed by atoms with Gasteiger partial charge in [-0.2, -0.15) is 5.10 Å². The fraction of sp³-hybridized carbons (Fsp3) is 0.273. The molecule has 3 aromatic rings. The zero-order valence-corrected chi connectivity index (χ0v) is 16.5. The Bertz CT molecular complexity index is 984. The highest BCUT2D eigenvalue weighted by molar-refractivity contribution is 6.03. The molecule has 1 fully saturated rings. The first-order valence-corrected chi connectivity index (χ1v) is 9.56. The van der Waals surface area contributed by atoms with Gasteiger partial charge in [0, 0.05) is 37.1 Å². The van der Waals surface area contributed by atoms with E-state index in [2.05, 4.69) is 20.4 Å². The van der Waals surface area contributed by atoms with Crippen LogP contribution in [0.5, 0.6) is 5.75 Å². The molecule has 1 amide bonds. The van der Waals surface area contributed by atoms with Crippen LogP contribution < -0.4 is 15.0 Å². The lowest BCUT2D eigenvalue weighted by molar-refractivity contribution is 0.102. The molecular formula is C22H24N4O3. The van der Waals surface area contributed by atoms with E-state index in [-0.39, 0.29) is 12.0 Å². The molecule has 1 aromatic heterocycles. The molecule has 29 heavy (non-hydrogen) atoms. The van der Waals surface area contributed by atoms with Crippen molar-refractivity contribution in [3.05, 3.63) is 60.3 Å². The number of amides is 1. The normalized spacial score (nSPS) is 16.1. The molecule has 0 radical (unpaired) electrons. The average molecular weight is 392 g/mol. The van der Waals surface area contributed by atoms with Crippen molar-refractivity contribution < 1.29 is 14.3 Å². The number of ether oxygens (including phenoxy) is 2. The fourth-order valence-corrected chi connectivity index (χ4v) is 3.54. The van der Waals surface area contributed by atoms with Gasteiger partial charge < -0.3 is 19.7 Å². The second kappa shape index (κ2) is 8.36. The summed E-state index contributed by atoms with van der Waals surface area (Å²) in [6, 6.07) is 17.1. The fourth-order valence-electron chi connectivity index (χ4n) is 3.54. The van der Waals surface area contributed by atoms with E-state index in [1.807, 2.05) is 48.5 Å². The molecule has 1 aliphatic heterocycles. The minimum absolute atomic E-state index is 0.244. The number of rotatable bonds is 6. The van der Waals surface area contributed by atoms with E-state index >= 15 is 0 Å². The van der Waals surface area contributed by atoms with Crippen molar-refractivity contribution in [3.8, 4) is 17.0 Å². The van der Waals surface area contributed by atoms with Crippen molar-refractivity contribution in [2.24, 2.45) is 0 Å². The summed E-state index contributed by atoms with van der Waals surface area (Å²) in [5.41, 5.74) is 3.73. The monoisotopic (exact) mass is 392 g/mol. The summed E-state index contributed by atoms with van der Waals surface area (Å²) in [6.07, 6.45) is 1.32. The van der Waals surface area contributed by atoms with Crippen molar-refractivity contribution in [2.45, 2.75) is 12.5 Å². The van der Waals surface area contributed by atoms with Gasteiger partial charge in [0.2, 0.25) is 0 Å². The zero-order chi connectivity index (χ0) is 20.2. The smallest absolute Gasteiger partial charge is 0.273 e. The second-order valence-corrected chi connectivity index (χ2v) is 6.96. The van der Waals surface area contributed by atoms with E-state index in [1.54, 1.807) is 20.3 Å². The first kappa shape index (κ1) is 19.0. The summed E-state index contributed by atoms with van der Waals surface area (Å²) in [6.45, 7) is 1.87. The largest absolute Gasteiger partial charge is 0.496 e. The minimum atomic E-state index is -0.244. The highest BCUT2D eigenvalue weighted by atomic mass is 16.5. The van der Waals surface area contributed by atoms with Crippen LogP contribution >= 0.6 is 0 Å². The number of benzene rings is 2. The predicted molar refractivity (Wildman–Crippen MR) is 113 cm³/mol. The van der Waals surface area contributed by atoms with E-state index in [0.29, 0.717) is 17.1 Å². The van der Waals surface area contributed by atoms with Gasteiger partial charge >= 0.3 is 0 Å². The van der Waals surface area contributed by atoms with E-state index in [4.69, 9.17) is 9.47 Å². The molecular weight excluding hydrogens is 368 g/mol. The summed E-state index contributed by atoms with van der Waals surface area (Å²) >= 11 is 0. The predicted octanol–water partition coefficient (Wildman–Crippen LogP) is 3.56. The van der Waals surface area contributed by atoms with Crippen molar-refractivity contribution in [3.63, 3.8) is 0 Å². The number of aromatic nitrogens is 2. The maximum Gasteiger partial charge on any atom is 0.273 e. The molecule has 0 aliphatic carbocycles. The Balaban J connectivity index is 1.43. The molecule has 2 aromatic carbocycles. The number of carbonyl (C=O) groups excluding carboxylic acids is 1. The van der Waals surface area contributed by atoms with Gasteiger partial charge in [-0.25, -0.2) is 0 Å². The first-order valence-electron chi connectivity index (χ1n) is 9.56. The van der Waals surface area contributed by atoms with Gasteiger partial charge in [-0.15, -0.1) is 0 Å². The van der Waals surface area contributed by atoms with Crippen LogP contribution in [0.3, 0.4) is 0 Å². The number of hydrogen-bond acceptors (Lipinski definition) is 5. The highest BCUT2D eigenvalue weighted by Crippen LogP contribution is 2.28. The molecule has 1 aliphatic rings. The summed E-state index contributed by atoms with van der Waals surface area (Å²) in [5.74, 6) is 0.464. The number of methoxy groups -OCH3 is 2. The third-order valence-electron chi connectivity index (χ3n) is 5.17. The van der Waals surface area contributed by atoms with E-state index in [0.717, 1.165) is 36.4 Å². The van der Waals surface area contributed by atoms with Crippen LogP contribution in [0, 0.1) is 0 Å². The topological polar surface area (TPSA) is 79.5 Å². The molecule has 0 unspecified atom stereocenters. The Morgan fingerprint density at radius 3 is 2.69 bits per heavy atom. The van der Waals surface area contributed by atoms with Gasteiger partial charge in [0.1, 0.15) is 11.4 Å². The van der Waals surface area contributed by atoms with Crippen molar-refractivity contribution >= 4 is 17.3 Å². The number of aromatic amines is 1. The van der Waals surface area contributed by atoms with Crippen LogP contribution in [-0.4, -0.2) is 49.5 Å². The molecule has 7 heteroatoms. The number of anilines is 2. The van der Waals surface area contributed by atoms with Gasteiger partial charge in [-0.1, -0.05) is 12.1 Å². The van der Waals surface area contributed by atoms with Gasteiger partial charge in [0.25, 0.3) is 5.91 Å². The van der Waals surface area contributed by atoms with Crippen LogP contribution in [0.25, 0.3) is 11.3 Å². The maximum absolute atomic E-state index is 12.6. The number of H-pyrrole nitrogens is 1. The minimum Gasteiger partial charge on any atom is -0.496 e. The van der Waals surface area contributed by atoms with E-state index in [1.165, 1.54) is 0 Å². The average Bonchev–Trinajstić information content (AvgIpc) is 3.44. The first-order chi connectivity index (χ1) is 14.2. The quantitative estimate of drug-likeness (QED) is 0.671. The molecule has 7 nitrogen and oxygen atoms in total. The Labute approximate surface area is 169 Å². The SMILES string of the molecule is COc1ccccc1-c1cc(C(=O)Nc2ccc(N3CC[C@H](OC)C3)cc2)[nH]n1. The number of nitrogens with zero attached hydrogens (tertiary/aromatic N) is 2. The molecule has 0 bridgehead atoms.